The number of rotatable bonds is 11. The van der Waals surface area contributed by atoms with Crippen molar-refractivity contribution >= 4 is 0 Å². The van der Waals surface area contributed by atoms with Gasteiger partial charge in [0.05, 0.1) is 25.4 Å². The molecule has 4 aliphatic rings. The van der Waals surface area contributed by atoms with Gasteiger partial charge in [-0.15, -0.1) is 0 Å². The summed E-state index contributed by atoms with van der Waals surface area (Å²) in [5.41, 5.74) is 0. The van der Waals surface area contributed by atoms with E-state index in [0.29, 0.717) is 12.2 Å². The topological polar surface area (TPSA) is 18.5 Å². The van der Waals surface area contributed by atoms with E-state index in [-0.39, 0.29) is 0 Å². The lowest BCUT2D eigenvalue weighted by Gasteiger charge is -2.38. The zero-order valence-electron chi connectivity index (χ0n) is 19.7. The van der Waals surface area contributed by atoms with Gasteiger partial charge in [0, 0.05) is 0 Å². The molecule has 1 saturated heterocycles. The minimum Gasteiger partial charge on any atom is -0.373 e. The van der Waals surface area contributed by atoms with Crippen molar-refractivity contribution in [3.05, 3.63) is 34.7 Å². The Labute approximate surface area is 185 Å². The monoisotopic (exact) mass is 414 g/mol. The van der Waals surface area contributed by atoms with Crippen LogP contribution in [-0.2, 0) is 9.47 Å². The number of hydrogen-bond donors (Lipinski definition) is 0. The fourth-order valence-corrected chi connectivity index (χ4v) is 5.17. The molecule has 2 heteroatoms. The second kappa shape index (κ2) is 13.5. The molecule has 0 radical (unpaired) electrons. The largest absolute Gasteiger partial charge is 0.373 e. The summed E-state index contributed by atoms with van der Waals surface area (Å²) in [6.45, 7) is 6.25. The SMILES string of the molecule is CCCCCCCC1CCC(C2COC(CCCCC)CO2)CC1.c1cc2ccc1=2. The van der Waals surface area contributed by atoms with Crippen molar-refractivity contribution < 1.29 is 9.47 Å². The average Bonchev–Trinajstić information content (AvgIpc) is 2.78. The Bertz CT molecular complexity index is 603. The first-order valence-corrected chi connectivity index (χ1v) is 13.1. The summed E-state index contributed by atoms with van der Waals surface area (Å²) in [6.07, 6.45) is 20.0. The molecule has 0 amide bonds. The Kier molecular flexibility index (Phi) is 10.7. The average molecular weight is 415 g/mol. The molecule has 1 saturated carbocycles. The summed E-state index contributed by atoms with van der Waals surface area (Å²) in [5, 5.41) is 2.85. The van der Waals surface area contributed by atoms with Gasteiger partial charge in [-0.05, 0) is 41.5 Å². The molecule has 0 aromatic heterocycles. The van der Waals surface area contributed by atoms with Crippen molar-refractivity contribution in [2.75, 3.05) is 13.2 Å². The first kappa shape index (κ1) is 23.8. The summed E-state index contributed by atoms with van der Waals surface area (Å²) in [4.78, 5) is 0. The second-order valence-electron chi connectivity index (χ2n) is 9.88. The molecule has 4 rings (SSSR count). The Balaban J connectivity index is 0.000000357. The molecule has 0 bridgehead atoms. The molecule has 30 heavy (non-hydrogen) atoms. The molecule has 1 aliphatic heterocycles. The van der Waals surface area contributed by atoms with Crippen LogP contribution in [-0.4, -0.2) is 25.4 Å². The van der Waals surface area contributed by atoms with Gasteiger partial charge < -0.3 is 9.47 Å². The fourth-order valence-electron chi connectivity index (χ4n) is 5.17. The van der Waals surface area contributed by atoms with Crippen LogP contribution in [0.4, 0.5) is 0 Å². The zero-order valence-corrected chi connectivity index (χ0v) is 19.7. The van der Waals surface area contributed by atoms with Gasteiger partial charge in [-0.1, -0.05) is 109 Å². The number of ether oxygens (including phenoxy) is 2. The molecule has 0 N–H and O–H groups in total. The highest BCUT2D eigenvalue weighted by atomic mass is 16.6. The van der Waals surface area contributed by atoms with Gasteiger partial charge in [-0.25, -0.2) is 0 Å². The van der Waals surface area contributed by atoms with Crippen LogP contribution in [0.1, 0.15) is 104 Å². The van der Waals surface area contributed by atoms with Gasteiger partial charge in [0.25, 0.3) is 0 Å². The third-order valence-electron chi connectivity index (χ3n) is 7.47. The molecule has 2 unspecified atom stereocenters. The van der Waals surface area contributed by atoms with Crippen LogP contribution in [0.15, 0.2) is 24.3 Å². The third-order valence-corrected chi connectivity index (χ3v) is 7.47. The summed E-state index contributed by atoms with van der Waals surface area (Å²) in [7, 11) is 0. The number of hydrogen-bond acceptors (Lipinski definition) is 2. The predicted molar refractivity (Wildman–Crippen MR) is 127 cm³/mol. The van der Waals surface area contributed by atoms with Gasteiger partial charge >= 0.3 is 0 Å². The molecule has 2 atom stereocenters. The highest BCUT2D eigenvalue weighted by Crippen LogP contribution is 2.35. The van der Waals surface area contributed by atoms with E-state index >= 15 is 0 Å². The molecule has 2 fully saturated rings. The second-order valence-corrected chi connectivity index (χ2v) is 9.88. The maximum absolute atomic E-state index is 6.20. The van der Waals surface area contributed by atoms with E-state index in [0.717, 1.165) is 25.0 Å². The van der Waals surface area contributed by atoms with Crippen LogP contribution in [0.2, 0.25) is 0 Å². The molecule has 0 aromatic carbocycles. The summed E-state index contributed by atoms with van der Waals surface area (Å²) in [6, 6.07) is 8.48. The highest BCUT2D eigenvalue weighted by molar-refractivity contribution is 5.22. The van der Waals surface area contributed by atoms with Crippen LogP contribution < -0.4 is 0 Å². The van der Waals surface area contributed by atoms with Crippen LogP contribution in [0.5, 0.6) is 0 Å². The number of unbranched alkanes of at least 4 members (excludes halogenated alkanes) is 6. The normalized spacial score (nSPS) is 27.3. The van der Waals surface area contributed by atoms with E-state index in [1.54, 1.807) is 0 Å². The van der Waals surface area contributed by atoms with Gasteiger partial charge in [0.2, 0.25) is 0 Å². The third kappa shape index (κ3) is 7.68. The zero-order chi connectivity index (χ0) is 21.0. The van der Waals surface area contributed by atoms with Crippen LogP contribution >= 0.6 is 0 Å². The Morgan fingerprint density at radius 2 is 1.27 bits per heavy atom. The Morgan fingerprint density at radius 1 is 0.667 bits per heavy atom. The van der Waals surface area contributed by atoms with E-state index in [2.05, 4.69) is 38.1 Å². The van der Waals surface area contributed by atoms with Crippen molar-refractivity contribution in [2.24, 2.45) is 11.8 Å². The van der Waals surface area contributed by atoms with E-state index in [1.165, 1.54) is 100 Å². The minimum atomic E-state index is 0.368. The predicted octanol–water partition coefficient (Wildman–Crippen LogP) is 7.80. The lowest BCUT2D eigenvalue weighted by Crippen LogP contribution is -2.41. The van der Waals surface area contributed by atoms with Crippen LogP contribution in [0, 0.1) is 22.3 Å². The molecule has 2 nitrogen and oxygen atoms in total. The summed E-state index contributed by atoms with van der Waals surface area (Å²) >= 11 is 0. The maximum Gasteiger partial charge on any atom is 0.0838 e. The summed E-state index contributed by atoms with van der Waals surface area (Å²) < 4.78 is 12.3. The lowest BCUT2D eigenvalue weighted by molar-refractivity contribution is -0.157. The number of benzene rings is 1. The van der Waals surface area contributed by atoms with Crippen LogP contribution in [0.25, 0.3) is 0 Å². The molecule has 0 spiro atoms. The van der Waals surface area contributed by atoms with E-state index in [4.69, 9.17) is 9.47 Å². The maximum atomic E-state index is 6.20. The van der Waals surface area contributed by atoms with E-state index < -0.39 is 0 Å². The van der Waals surface area contributed by atoms with Crippen molar-refractivity contribution in [3.8, 4) is 0 Å². The molecule has 1 heterocycles. The smallest absolute Gasteiger partial charge is 0.0838 e. The van der Waals surface area contributed by atoms with Gasteiger partial charge in [0.1, 0.15) is 0 Å². The Morgan fingerprint density at radius 3 is 1.80 bits per heavy atom. The van der Waals surface area contributed by atoms with Gasteiger partial charge in [0.15, 0.2) is 0 Å². The highest BCUT2D eigenvalue weighted by Gasteiger charge is 2.31. The molecule has 3 aliphatic carbocycles. The minimum absolute atomic E-state index is 0.368. The fraction of sp³-hybridized carbons (Fsp3) is 0.786. The first-order valence-electron chi connectivity index (χ1n) is 13.1. The molecular weight excluding hydrogens is 368 g/mol. The van der Waals surface area contributed by atoms with Crippen molar-refractivity contribution in [1.29, 1.82) is 0 Å². The Hall–Kier alpha value is -0.860. The van der Waals surface area contributed by atoms with Crippen LogP contribution in [0.3, 0.4) is 0 Å². The van der Waals surface area contributed by atoms with E-state index in [9.17, 15) is 0 Å². The summed E-state index contributed by atoms with van der Waals surface area (Å²) in [5.74, 6) is 1.76. The molecular formula is C28H46O2. The molecule has 170 valence electrons. The molecule has 0 aromatic rings. The standard InChI is InChI=1S/C22H42O2.C6H4/c1-3-5-7-8-10-11-19-13-15-20(16-14-19)22-18-23-21(17-24-22)12-9-6-4-2;1-2-6-4-3-5(1)6/h19-22H,3-18H2,1-2H3;1-4H. The quantitative estimate of drug-likeness (QED) is 0.349. The van der Waals surface area contributed by atoms with Crippen molar-refractivity contribution in [1.82, 2.24) is 0 Å². The van der Waals surface area contributed by atoms with Crippen molar-refractivity contribution in [3.63, 3.8) is 0 Å². The van der Waals surface area contributed by atoms with Gasteiger partial charge in [-0.3, -0.25) is 0 Å². The van der Waals surface area contributed by atoms with Gasteiger partial charge in [-0.2, -0.15) is 0 Å². The van der Waals surface area contributed by atoms with E-state index in [1.807, 2.05) is 0 Å². The lowest BCUT2D eigenvalue weighted by atomic mass is 9.77. The van der Waals surface area contributed by atoms with Crippen molar-refractivity contribution in [2.45, 2.75) is 116 Å². The first-order chi connectivity index (χ1) is 14.8.